The molecule has 1 saturated heterocycles. The highest BCUT2D eigenvalue weighted by Gasteiger charge is 2.33. The molecule has 2 rings (SSSR count). The quantitative estimate of drug-likeness (QED) is 0.626. The molecule has 0 radical (unpaired) electrons. The zero-order valence-corrected chi connectivity index (χ0v) is 10.6. The molecule has 2 aliphatic rings. The van der Waals surface area contributed by atoms with Crippen molar-refractivity contribution in [3.05, 3.63) is 0 Å². The number of rotatable bonds is 2. The topological polar surface area (TPSA) is 9.23 Å². The standard InChI is InChI=1S/C12H24OSi/c1-14(10-6-3-7-11-14)13-12-8-4-2-5-9-12/h12H,2-11H2,1H3. The summed E-state index contributed by atoms with van der Waals surface area (Å²) in [5.74, 6) is 0. The van der Waals surface area contributed by atoms with Gasteiger partial charge in [-0.25, -0.2) is 0 Å². The highest BCUT2D eigenvalue weighted by molar-refractivity contribution is 6.72. The van der Waals surface area contributed by atoms with E-state index in [1.165, 1.54) is 63.5 Å². The summed E-state index contributed by atoms with van der Waals surface area (Å²) in [6.07, 6.45) is 12.0. The predicted octanol–water partition coefficient (Wildman–Crippen LogP) is 4.09. The second kappa shape index (κ2) is 4.80. The first kappa shape index (κ1) is 10.7. The molecule has 1 aliphatic carbocycles. The van der Waals surface area contributed by atoms with E-state index in [0.29, 0.717) is 6.10 Å². The third kappa shape index (κ3) is 2.83. The Morgan fingerprint density at radius 2 is 1.43 bits per heavy atom. The molecule has 0 N–H and O–H groups in total. The van der Waals surface area contributed by atoms with Gasteiger partial charge in [-0.3, -0.25) is 0 Å². The average Bonchev–Trinajstić information content (AvgIpc) is 2.19. The Morgan fingerprint density at radius 1 is 0.857 bits per heavy atom. The van der Waals surface area contributed by atoms with Crippen LogP contribution in [-0.4, -0.2) is 14.4 Å². The Kier molecular flexibility index (Phi) is 3.66. The monoisotopic (exact) mass is 212 g/mol. The van der Waals surface area contributed by atoms with Gasteiger partial charge in [0, 0.05) is 6.10 Å². The molecule has 0 atom stereocenters. The van der Waals surface area contributed by atoms with E-state index in [-0.39, 0.29) is 0 Å². The first-order chi connectivity index (χ1) is 6.79. The number of hydrogen-bond acceptors (Lipinski definition) is 1. The highest BCUT2D eigenvalue weighted by atomic mass is 28.4. The molecule has 0 aromatic heterocycles. The molecule has 0 unspecified atom stereocenters. The summed E-state index contributed by atoms with van der Waals surface area (Å²) in [6.45, 7) is 2.47. The molecule has 82 valence electrons. The van der Waals surface area contributed by atoms with E-state index >= 15 is 0 Å². The molecular formula is C12H24OSi. The van der Waals surface area contributed by atoms with Gasteiger partial charge in [0.2, 0.25) is 0 Å². The molecule has 14 heavy (non-hydrogen) atoms. The molecule has 1 aliphatic heterocycles. The second-order valence-electron chi connectivity index (χ2n) is 5.39. The van der Waals surface area contributed by atoms with E-state index in [0.717, 1.165) is 0 Å². The number of hydrogen-bond donors (Lipinski definition) is 0. The van der Waals surface area contributed by atoms with Crippen LogP contribution in [0.25, 0.3) is 0 Å². The normalized spacial score (nSPS) is 28.9. The molecule has 1 heterocycles. The Morgan fingerprint density at radius 3 is 2.07 bits per heavy atom. The van der Waals surface area contributed by atoms with Gasteiger partial charge >= 0.3 is 0 Å². The van der Waals surface area contributed by atoms with Crippen molar-refractivity contribution in [3.63, 3.8) is 0 Å². The summed E-state index contributed by atoms with van der Waals surface area (Å²) in [7, 11) is -1.22. The minimum absolute atomic E-state index is 0.651. The third-order valence-electron chi connectivity index (χ3n) is 3.91. The third-order valence-corrected chi connectivity index (χ3v) is 7.64. The van der Waals surface area contributed by atoms with Gasteiger partial charge in [-0.1, -0.05) is 38.5 Å². The second-order valence-corrected chi connectivity index (χ2v) is 9.52. The minimum Gasteiger partial charge on any atom is -0.414 e. The molecule has 0 aromatic carbocycles. The fourth-order valence-electron chi connectivity index (χ4n) is 3.00. The van der Waals surface area contributed by atoms with Crippen LogP contribution in [0.1, 0.15) is 51.4 Å². The SMILES string of the molecule is C[Si]1(OC2CCCCC2)CCCCC1. The van der Waals surface area contributed by atoms with Crippen LogP contribution >= 0.6 is 0 Å². The summed E-state index contributed by atoms with van der Waals surface area (Å²) in [6, 6.07) is 2.87. The van der Waals surface area contributed by atoms with Crippen LogP contribution in [-0.2, 0) is 4.43 Å². The summed E-state index contributed by atoms with van der Waals surface area (Å²) in [4.78, 5) is 0. The summed E-state index contributed by atoms with van der Waals surface area (Å²) in [5.41, 5.74) is 0. The lowest BCUT2D eigenvalue weighted by Gasteiger charge is -2.36. The van der Waals surface area contributed by atoms with Crippen molar-refractivity contribution >= 4 is 8.32 Å². The van der Waals surface area contributed by atoms with Gasteiger partial charge in [-0.15, -0.1) is 0 Å². The summed E-state index contributed by atoms with van der Waals surface area (Å²) < 4.78 is 6.46. The van der Waals surface area contributed by atoms with Crippen LogP contribution in [0.4, 0.5) is 0 Å². The van der Waals surface area contributed by atoms with Crippen LogP contribution in [0.5, 0.6) is 0 Å². The van der Waals surface area contributed by atoms with Crippen molar-refractivity contribution in [2.45, 2.75) is 76.1 Å². The fraction of sp³-hybridized carbons (Fsp3) is 1.00. The Hall–Kier alpha value is 0.177. The molecule has 0 aromatic rings. The lowest BCUT2D eigenvalue weighted by molar-refractivity contribution is 0.141. The van der Waals surface area contributed by atoms with Gasteiger partial charge in [-0.2, -0.15) is 0 Å². The summed E-state index contributed by atoms with van der Waals surface area (Å²) >= 11 is 0. The van der Waals surface area contributed by atoms with Crippen LogP contribution in [0.15, 0.2) is 0 Å². The molecule has 0 bridgehead atoms. The molecule has 0 spiro atoms. The van der Waals surface area contributed by atoms with Crippen molar-refractivity contribution in [2.75, 3.05) is 0 Å². The Bertz CT molecular complexity index is 169. The van der Waals surface area contributed by atoms with Crippen LogP contribution in [0.2, 0.25) is 18.6 Å². The average molecular weight is 212 g/mol. The van der Waals surface area contributed by atoms with Gasteiger partial charge in [-0.05, 0) is 31.5 Å². The van der Waals surface area contributed by atoms with Crippen molar-refractivity contribution in [1.82, 2.24) is 0 Å². The molecule has 0 amide bonds. The predicted molar refractivity (Wildman–Crippen MR) is 63.0 cm³/mol. The lowest BCUT2D eigenvalue weighted by Crippen LogP contribution is -2.40. The smallest absolute Gasteiger partial charge is 0.190 e. The fourth-order valence-corrected chi connectivity index (χ4v) is 6.52. The van der Waals surface area contributed by atoms with Gasteiger partial charge in [0.15, 0.2) is 8.32 Å². The van der Waals surface area contributed by atoms with Gasteiger partial charge < -0.3 is 4.43 Å². The first-order valence-corrected chi connectivity index (χ1v) is 9.29. The Labute approximate surface area is 89.4 Å². The van der Waals surface area contributed by atoms with Gasteiger partial charge in [0.25, 0.3) is 0 Å². The van der Waals surface area contributed by atoms with Gasteiger partial charge in [0.1, 0.15) is 0 Å². The van der Waals surface area contributed by atoms with Gasteiger partial charge in [0.05, 0.1) is 0 Å². The van der Waals surface area contributed by atoms with Crippen molar-refractivity contribution in [2.24, 2.45) is 0 Å². The molecular weight excluding hydrogens is 188 g/mol. The zero-order valence-electron chi connectivity index (χ0n) is 9.56. The van der Waals surface area contributed by atoms with Crippen molar-refractivity contribution in [1.29, 1.82) is 0 Å². The van der Waals surface area contributed by atoms with E-state index in [1.54, 1.807) is 0 Å². The Balaban J connectivity index is 1.81. The van der Waals surface area contributed by atoms with Crippen LogP contribution in [0, 0.1) is 0 Å². The highest BCUT2D eigenvalue weighted by Crippen LogP contribution is 2.33. The summed E-state index contributed by atoms with van der Waals surface area (Å²) in [5, 5.41) is 0. The molecule has 2 heteroatoms. The lowest BCUT2D eigenvalue weighted by atomic mass is 9.98. The van der Waals surface area contributed by atoms with E-state index in [9.17, 15) is 0 Å². The van der Waals surface area contributed by atoms with E-state index in [2.05, 4.69) is 6.55 Å². The van der Waals surface area contributed by atoms with E-state index in [1.807, 2.05) is 0 Å². The maximum absolute atomic E-state index is 6.46. The minimum atomic E-state index is -1.22. The van der Waals surface area contributed by atoms with Crippen molar-refractivity contribution < 1.29 is 4.43 Å². The zero-order chi connectivity index (χ0) is 9.86. The van der Waals surface area contributed by atoms with Crippen LogP contribution in [0.3, 0.4) is 0 Å². The molecule has 2 fully saturated rings. The van der Waals surface area contributed by atoms with E-state index < -0.39 is 8.32 Å². The first-order valence-electron chi connectivity index (χ1n) is 6.46. The molecule has 1 saturated carbocycles. The largest absolute Gasteiger partial charge is 0.414 e. The van der Waals surface area contributed by atoms with Crippen molar-refractivity contribution in [3.8, 4) is 0 Å². The maximum atomic E-state index is 6.46. The van der Waals surface area contributed by atoms with E-state index in [4.69, 9.17) is 4.43 Å². The molecule has 1 nitrogen and oxygen atoms in total. The van der Waals surface area contributed by atoms with Crippen LogP contribution < -0.4 is 0 Å². The maximum Gasteiger partial charge on any atom is 0.190 e.